The van der Waals surface area contributed by atoms with Gasteiger partial charge in [0.1, 0.15) is 11.6 Å². The van der Waals surface area contributed by atoms with Crippen molar-refractivity contribution in [3.8, 4) is 0 Å². The standard InChI is InChI=1S/C22H30N4O2/c1-15-6-7-16(2)19(12-15)13-20-21(14-28-5)23-17(3)24-22(20)26-10-8-25(9-11-26)18(4)27/h6-7,12H,8-11,13-14H2,1-5H3. The number of nitrogens with zero attached hydrogens (tertiary/aromatic N) is 4. The molecule has 6 nitrogen and oxygen atoms in total. The van der Waals surface area contributed by atoms with E-state index in [-0.39, 0.29) is 5.91 Å². The number of aryl methyl sites for hydroxylation is 3. The fourth-order valence-corrected chi connectivity index (χ4v) is 3.75. The molecule has 0 bridgehead atoms. The molecule has 1 aliphatic rings. The first-order valence-electron chi connectivity index (χ1n) is 9.81. The molecule has 1 amide bonds. The van der Waals surface area contributed by atoms with E-state index in [9.17, 15) is 4.79 Å². The Kier molecular flexibility index (Phi) is 6.29. The van der Waals surface area contributed by atoms with Crippen LogP contribution in [0.5, 0.6) is 0 Å². The summed E-state index contributed by atoms with van der Waals surface area (Å²) < 4.78 is 5.44. The second-order valence-electron chi connectivity index (χ2n) is 7.55. The van der Waals surface area contributed by atoms with Crippen LogP contribution in [0.15, 0.2) is 18.2 Å². The normalized spacial score (nSPS) is 14.5. The summed E-state index contributed by atoms with van der Waals surface area (Å²) in [5, 5.41) is 0. The maximum absolute atomic E-state index is 11.7. The second-order valence-corrected chi connectivity index (χ2v) is 7.55. The Labute approximate surface area is 167 Å². The van der Waals surface area contributed by atoms with E-state index in [1.165, 1.54) is 16.7 Å². The second kappa shape index (κ2) is 8.69. The minimum atomic E-state index is 0.134. The summed E-state index contributed by atoms with van der Waals surface area (Å²) >= 11 is 0. The number of carbonyl (C=O) groups excluding carboxylic acids is 1. The van der Waals surface area contributed by atoms with Crippen molar-refractivity contribution in [3.05, 3.63) is 52.0 Å². The maximum atomic E-state index is 11.7. The fraction of sp³-hybridized carbons (Fsp3) is 0.500. The van der Waals surface area contributed by atoms with Crippen LogP contribution in [0.3, 0.4) is 0 Å². The van der Waals surface area contributed by atoms with Crippen LogP contribution in [0.4, 0.5) is 5.82 Å². The number of hydrogen-bond donors (Lipinski definition) is 0. The zero-order valence-electron chi connectivity index (χ0n) is 17.6. The zero-order valence-corrected chi connectivity index (χ0v) is 17.6. The number of methoxy groups -OCH3 is 1. The van der Waals surface area contributed by atoms with E-state index in [0.717, 1.165) is 55.5 Å². The zero-order chi connectivity index (χ0) is 20.3. The lowest BCUT2D eigenvalue weighted by molar-refractivity contribution is -0.129. The molecule has 1 aliphatic heterocycles. The molecule has 0 aliphatic carbocycles. The van der Waals surface area contributed by atoms with Gasteiger partial charge >= 0.3 is 0 Å². The van der Waals surface area contributed by atoms with E-state index in [0.29, 0.717) is 6.61 Å². The Morgan fingerprint density at radius 2 is 1.82 bits per heavy atom. The number of amides is 1. The van der Waals surface area contributed by atoms with Gasteiger partial charge in [-0.15, -0.1) is 0 Å². The van der Waals surface area contributed by atoms with Crippen LogP contribution in [-0.2, 0) is 22.6 Å². The SMILES string of the molecule is COCc1nc(C)nc(N2CCN(C(C)=O)CC2)c1Cc1cc(C)ccc1C. The lowest BCUT2D eigenvalue weighted by Crippen LogP contribution is -2.48. The molecule has 0 saturated carbocycles. The molecule has 0 atom stereocenters. The monoisotopic (exact) mass is 382 g/mol. The largest absolute Gasteiger partial charge is 0.378 e. The molecular weight excluding hydrogens is 352 g/mol. The molecule has 6 heteroatoms. The first-order chi connectivity index (χ1) is 13.4. The van der Waals surface area contributed by atoms with Gasteiger partial charge in [0, 0.05) is 52.2 Å². The Morgan fingerprint density at radius 3 is 2.46 bits per heavy atom. The minimum Gasteiger partial charge on any atom is -0.378 e. The number of carbonyl (C=O) groups is 1. The predicted octanol–water partition coefficient (Wildman–Crippen LogP) is 2.81. The number of piperazine rings is 1. The van der Waals surface area contributed by atoms with Gasteiger partial charge in [-0.3, -0.25) is 4.79 Å². The van der Waals surface area contributed by atoms with E-state index in [4.69, 9.17) is 9.72 Å². The number of aromatic nitrogens is 2. The highest BCUT2D eigenvalue weighted by molar-refractivity contribution is 5.73. The molecule has 0 unspecified atom stereocenters. The van der Waals surface area contributed by atoms with Crippen molar-refractivity contribution < 1.29 is 9.53 Å². The summed E-state index contributed by atoms with van der Waals surface area (Å²) in [6, 6.07) is 6.55. The Morgan fingerprint density at radius 1 is 1.11 bits per heavy atom. The quantitative estimate of drug-likeness (QED) is 0.796. The summed E-state index contributed by atoms with van der Waals surface area (Å²) in [5.41, 5.74) is 5.87. The maximum Gasteiger partial charge on any atom is 0.219 e. The molecule has 0 radical (unpaired) electrons. The molecule has 2 aromatic rings. The first-order valence-corrected chi connectivity index (χ1v) is 9.81. The van der Waals surface area contributed by atoms with E-state index in [1.807, 2.05) is 11.8 Å². The summed E-state index contributed by atoms with van der Waals surface area (Å²) in [7, 11) is 1.70. The van der Waals surface area contributed by atoms with Crippen LogP contribution in [0.1, 0.15) is 40.7 Å². The van der Waals surface area contributed by atoms with Gasteiger partial charge in [-0.1, -0.05) is 23.8 Å². The summed E-state index contributed by atoms with van der Waals surface area (Å²) in [4.78, 5) is 25.4. The van der Waals surface area contributed by atoms with Crippen molar-refractivity contribution in [1.29, 1.82) is 0 Å². The smallest absolute Gasteiger partial charge is 0.219 e. The minimum absolute atomic E-state index is 0.134. The molecular formula is C22H30N4O2. The Bertz CT molecular complexity index is 858. The Hall–Kier alpha value is -2.47. The number of benzene rings is 1. The number of hydrogen-bond acceptors (Lipinski definition) is 5. The fourth-order valence-electron chi connectivity index (χ4n) is 3.75. The number of ether oxygens (including phenoxy) is 1. The molecule has 1 saturated heterocycles. The van der Waals surface area contributed by atoms with E-state index >= 15 is 0 Å². The lowest BCUT2D eigenvalue weighted by atomic mass is 9.97. The van der Waals surface area contributed by atoms with Crippen molar-refractivity contribution in [1.82, 2.24) is 14.9 Å². The van der Waals surface area contributed by atoms with Gasteiger partial charge in [0.05, 0.1) is 12.3 Å². The van der Waals surface area contributed by atoms with Crippen LogP contribution >= 0.6 is 0 Å². The predicted molar refractivity (Wildman–Crippen MR) is 111 cm³/mol. The van der Waals surface area contributed by atoms with Gasteiger partial charge in [0.15, 0.2) is 0 Å². The third-order valence-corrected chi connectivity index (χ3v) is 5.36. The van der Waals surface area contributed by atoms with Crippen molar-refractivity contribution >= 4 is 11.7 Å². The molecule has 28 heavy (non-hydrogen) atoms. The third-order valence-electron chi connectivity index (χ3n) is 5.36. The van der Waals surface area contributed by atoms with Crippen LogP contribution in [-0.4, -0.2) is 54.1 Å². The summed E-state index contributed by atoms with van der Waals surface area (Å²) in [6.45, 7) is 11.3. The molecule has 2 heterocycles. The van der Waals surface area contributed by atoms with Gasteiger partial charge < -0.3 is 14.5 Å². The molecule has 3 rings (SSSR count). The highest BCUT2D eigenvalue weighted by Crippen LogP contribution is 2.27. The average molecular weight is 383 g/mol. The van der Waals surface area contributed by atoms with Crippen LogP contribution < -0.4 is 4.90 Å². The van der Waals surface area contributed by atoms with Crippen LogP contribution in [0.25, 0.3) is 0 Å². The van der Waals surface area contributed by atoms with E-state index in [2.05, 4.69) is 41.9 Å². The molecule has 150 valence electrons. The van der Waals surface area contributed by atoms with Gasteiger partial charge in [-0.05, 0) is 31.9 Å². The third kappa shape index (κ3) is 4.50. The van der Waals surface area contributed by atoms with Gasteiger partial charge in [0.2, 0.25) is 5.91 Å². The topological polar surface area (TPSA) is 58.6 Å². The van der Waals surface area contributed by atoms with Gasteiger partial charge in [-0.25, -0.2) is 9.97 Å². The Balaban J connectivity index is 1.99. The lowest BCUT2D eigenvalue weighted by Gasteiger charge is -2.36. The number of anilines is 1. The highest BCUT2D eigenvalue weighted by Gasteiger charge is 2.24. The number of rotatable bonds is 5. The highest BCUT2D eigenvalue weighted by atomic mass is 16.5. The van der Waals surface area contributed by atoms with E-state index < -0.39 is 0 Å². The molecule has 1 aromatic heterocycles. The molecule has 1 fully saturated rings. The molecule has 0 N–H and O–H groups in total. The van der Waals surface area contributed by atoms with Gasteiger partial charge in [0.25, 0.3) is 0 Å². The van der Waals surface area contributed by atoms with Crippen LogP contribution in [0, 0.1) is 20.8 Å². The van der Waals surface area contributed by atoms with Crippen molar-refractivity contribution in [2.45, 2.75) is 40.7 Å². The van der Waals surface area contributed by atoms with Crippen molar-refractivity contribution in [3.63, 3.8) is 0 Å². The molecule has 1 aromatic carbocycles. The molecule has 0 spiro atoms. The van der Waals surface area contributed by atoms with Crippen molar-refractivity contribution in [2.75, 3.05) is 38.2 Å². The van der Waals surface area contributed by atoms with Crippen LogP contribution in [0.2, 0.25) is 0 Å². The average Bonchev–Trinajstić information content (AvgIpc) is 2.66. The van der Waals surface area contributed by atoms with Gasteiger partial charge in [-0.2, -0.15) is 0 Å². The first kappa shape index (κ1) is 20.3. The van der Waals surface area contributed by atoms with E-state index in [1.54, 1.807) is 14.0 Å². The summed E-state index contributed by atoms with van der Waals surface area (Å²) in [5.74, 6) is 1.86. The van der Waals surface area contributed by atoms with Crippen molar-refractivity contribution in [2.24, 2.45) is 0 Å². The summed E-state index contributed by atoms with van der Waals surface area (Å²) in [6.07, 6.45) is 0.773.